The van der Waals surface area contributed by atoms with Gasteiger partial charge in [0.1, 0.15) is 11.1 Å². The Labute approximate surface area is 134 Å². The van der Waals surface area contributed by atoms with Crippen LogP contribution >= 0.6 is 11.3 Å². The summed E-state index contributed by atoms with van der Waals surface area (Å²) in [6.07, 6.45) is 3.61. The summed E-state index contributed by atoms with van der Waals surface area (Å²) in [4.78, 5) is 21.3. The Balaban J connectivity index is 1.38. The molecule has 0 N–H and O–H groups in total. The summed E-state index contributed by atoms with van der Waals surface area (Å²) in [7, 11) is 0. The lowest BCUT2D eigenvalue weighted by Gasteiger charge is -2.29. The SMILES string of the molecule is O=C([C@@H]1C[C@H]2[C@H](CCN2Cc2nccs2)O1)N1CCOCC1. The van der Waals surface area contributed by atoms with Gasteiger partial charge in [0.2, 0.25) is 0 Å². The van der Waals surface area contributed by atoms with Crippen molar-refractivity contribution < 1.29 is 14.3 Å². The van der Waals surface area contributed by atoms with Crippen molar-refractivity contribution in [2.45, 2.75) is 37.6 Å². The van der Waals surface area contributed by atoms with Gasteiger partial charge in [-0.2, -0.15) is 0 Å². The molecule has 3 aliphatic rings. The van der Waals surface area contributed by atoms with Crippen molar-refractivity contribution in [1.82, 2.24) is 14.8 Å². The Hall–Kier alpha value is -1.02. The molecule has 0 unspecified atom stereocenters. The molecule has 6 nitrogen and oxygen atoms in total. The van der Waals surface area contributed by atoms with Gasteiger partial charge in [-0.1, -0.05) is 0 Å². The van der Waals surface area contributed by atoms with Crippen LogP contribution in [0.5, 0.6) is 0 Å². The number of carbonyl (C=O) groups is 1. The lowest BCUT2D eigenvalue weighted by atomic mass is 10.1. The molecule has 3 aliphatic heterocycles. The maximum atomic E-state index is 12.6. The monoisotopic (exact) mass is 323 g/mol. The molecule has 1 amide bonds. The summed E-state index contributed by atoms with van der Waals surface area (Å²) in [6, 6.07) is 0.360. The molecule has 1 aromatic rings. The van der Waals surface area contributed by atoms with E-state index in [1.807, 2.05) is 16.5 Å². The third kappa shape index (κ3) is 2.78. The minimum Gasteiger partial charge on any atom is -0.378 e. The number of morpholine rings is 1. The van der Waals surface area contributed by atoms with Crippen LogP contribution < -0.4 is 0 Å². The highest BCUT2D eigenvalue weighted by molar-refractivity contribution is 7.09. The molecule has 4 rings (SSSR count). The van der Waals surface area contributed by atoms with Crippen molar-refractivity contribution in [3.05, 3.63) is 16.6 Å². The third-order valence-corrected chi connectivity index (χ3v) is 5.58. The number of carbonyl (C=O) groups excluding carboxylic acids is 1. The van der Waals surface area contributed by atoms with Crippen LogP contribution in [0.4, 0.5) is 0 Å². The molecule has 7 heteroatoms. The zero-order chi connectivity index (χ0) is 14.9. The molecular weight excluding hydrogens is 302 g/mol. The molecule has 1 aromatic heterocycles. The minimum absolute atomic E-state index is 0.145. The molecule has 3 saturated heterocycles. The van der Waals surface area contributed by atoms with E-state index in [-0.39, 0.29) is 18.1 Å². The van der Waals surface area contributed by atoms with E-state index in [4.69, 9.17) is 9.47 Å². The summed E-state index contributed by atoms with van der Waals surface area (Å²) in [5, 5.41) is 3.15. The highest BCUT2D eigenvalue weighted by Gasteiger charge is 2.46. The maximum absolute atomic E-state index is 12.6. The number of aromatic nitrogens is 1. The summed E-state index contributed by atoms with van der Waals surface area (Å²) >= 11 is 1.69. The van der Waals surface area contributed by atoms with Crippen molar-refractivity contribution in [3.8, 4) is 0 Å². The molecule has 120 valence electrons. The first kappa shape index (κ1) is 14.6. The minimum atomic E-state index is -0.271. The van der Waals surface area contributed by atoms with E-state index >= 15 is 0 Å². The molecule has 3 fully saturated rings. The van der Waals surface area contributed by atoms with Gasteiger partial charge in [0.05, 0.1) is 25.9 Å². The Bertz CT molecular complexity index is 518. The number of fused-ring (bicyclic) bond motifs is 1. The number of likely N-dealkylation sites (tertiary alicyclic amines) is 1. The van der Waals surface area contributed by atoms with E-state index in [2.05, 4.69) is 9.88 Å². The standard InChI is InChI=1S/C15H21N3O3S/c19-15(17-4-6-20-7-5-17)13-9-11-12(21-13)1-3-18(11)10-14-16-2-8-22-14/h2,8,11-13H,1,3-7,9-10H2/t11-,12-,13-/m0/s1. The Morgan fingerprint density at radius 2 is 2.23 bits per heavy atom. The molecule has 22 heavy (non-hydrogen) atoms. The van der Waals surface area contributed by atoms with Gasteiger partial charge in [-0.05, 0) is 6.42 Å². The second-order valence-electron chi connectivity index (χ2n) is 6.09. The Kier molecular flexibility index (Phi) is 4.13. The van der Waals surface area contributed by atoms with Crippen LogP contribution in [0.25, 0.3) is 0 Å². The van der Waals surface area contributed by atoms with Crippen LogP contribution in [0.1, 0.15) is 17.8 Å². The fourth-order valence-corrected chi connectivity index (χ4v) is 4.32. The molecule has 4 heterocycles. The zero-order valence-electron chi connectivity index (χ0n) is 12.5. The molecule has 0 spiro atoms. The van der Waals surface area contributed by atoms with Gasteiger partial charge in [0.25, 0.3) is 5.91 Å². The highest BCUT2D eigenvalue weighted by atomic mass is 32.1. The van der Waals surface area contributed by atoms with Crippen molar-refractivity contribution in [1.29, 1.82) is 0 Å². The van der Waals surface area contributed by atoms with E-state index in [0.717, 1.165) is 30.9 Å². The second kappa shape index (κ2) is 6.23. The summed E-state index contributed by atoms with van der Waals surface area (Å²) < 4.78 is 11.4. The fraction of sp³-hybridized carbons (Fsp3) is 0.733. The van der Waals surface area contributed by atoms with Crippen LogP contribution in [0.15, 0.2) is 11.6 Å². The topological polar surface area (TPSA) is 54.9 Å². The first-order chi connectivity index (χ1) is 10.8. The predicted octanol–water partition coefficient (Wildman–Crippen LogP) is 0.734. The summed E-state index contributed by atoms with van der Waals surface area (Å²) in [6.45, 7) is 4.57. The number of hydrogen-bond acceptors (Lipinski definition) is 6. The Morgan fingerprint density at radius 3 is 3.00 bits per heavy atom. The molecule has 0 saturated carbocycles. The van der Waals surface area contributed by atoms with Crippen LogP contribution in [-0.2, 0) is 20.8 Å². The summed E-state index contributed by atoms with van der Waals surface area (Å²) in [5.74, 6) is 0.145. The number of hydrogen-bond donors (Lipinski definition) is 0. The van der Waals surface area contributed by atoms with Gasteiger partial charge in [-0.25, -0.2) is 4.98 Å². The molecule has 3 atom stereocenters. The number of rotatable bonds is 3. The lowest BCUT2D eigenvalue weighted by molar-refractivity contribution is -0.146. The van der Waals surface area contributed by atoms with Crippen LogP contribution in [0.3, 0.4) is 0 Å². The third-order valence-electron chi connectivity index (χ3n) is 4.81. The van der Waals surface area contributed by atoms with Gasteiger partial charge in [0.15, 0.2) is 0 Å². The van der Waals surface area contributed by atoms with Crippen LogP contribution in [0, 0.1) is 0 Å². The van der Waals surface area contributed by atoms with Gasteiger partial charge in [0, 0.05) is 43.7 Å². The van der Waals surface area contributed by atoms with Crippen molar-refractivity contribution in [2.75, 3.05) is 32.8 Å². The van der Waals surface area contributed by atoms with Crippen LogP contribution in [-0.4, -0.2) is 71.8 Å². The van der Waals surface area contributed by atoms with E-state index in [1.54, 1.807) is 11.3 Å². The molecule has 0 radical (unpaired) electrons. The quantitative estimate of drug-likeness (QED) is 0.821. The highest BCUT2D eigenvalue weighted by Crippen LogP contribution is 2.34. The van der Waals surface area contributed by atoms with Crippen LogP contribution in [0.2, 0.25) is 0 Å². The first-order valence-electron chi connectivity index (χ1n) is 7.95. The van der Waals surface area contributed by atoms with Gasteiger partial charge in [-0.15, -0.1) is 11.3 Å². The van der Waals surface area contributed by atoms with Gasteiger partial charge < -0.3 is 14.4 Å². The Morgan fingerprint density at radius 1 is 1.36 bits per heavy atom. The summed E-state index contributed by atoms with van der Waals surface area (Å²) in [5.41, 5.74) is 0. The van der Waals surface area contributed by atoms with E-state index in [0.29, 0.717) is 32.3 Å². The van der Waals surface area contributed by atoms with E-state index in [1.165, 1.54) is 0 Å². The second-order valence-corrected chi connectivity index (χ2v) is 7.07. The predicted molar refractivity (Wildman–Crippen MR) is 81.6 cm³/mol. The van der Waals surface area contributed by atoms with E-state index < -0.39 is 0 Å². The van der Waals surface area contributed by atoms with Crippen molar-refractivity contribution >= 4 is 17.2 Å². The van der Waals surface area contributed by atoms with Gasteiger partial charge >= 0.3 is 0 Å². The zero-order valence-corrected chi connectivity index (χ0v) is 13.3. The molecule has 0 aliphatic carbocycles. The largest absolute Gasteiger partial charge is 0.378 e. The van der Waals surface area contributed by atoms with Crippen molar-refractivity contribution in [2.24, 2.45) is 0 Å². The fourth-order valence-electron chi connectivity index (χ4n) is 3.68. The van der Waals surface area contributed by atoms with Gasteiger partial charge in [-0.3, -0.25) is 9.69 Å². The smallest absolute Gasteiger partial charge is 0.251 e. The first-order valence-corrected chi connectivity index (χ1v) is 8.83. The average Bonchev–Trinajstić information content (AvgIpc) is 3.26. The normalized spacial score (nSPS) is 32.4. The molecular formula is C15H21N3O3S. The number of ether oxygens (including phenoxy) is 2. The molecule has 0 bridgehead atoms. The lowest BCUT2D eigenvalue weighted by Crippen LogP contribution is -2.46. The number of amides is 1. The van der Waals surface area contributed by atoms with Crippen molar-refractivity contribution in [3.63, 3.8) is 0 Å². The average molecular weight is 323 g/mol. The molecule has 0 aromatic carbocycles. The number of nitrogens with zero attached hydrogens (tertiary/aromatic N) is 3. The number of thiazole rings is 1. The maximum Gasteiger partial charge on any atom is 0.251 e. The van der Waals surface area contributed by atoms with E-state index in [9.17, 15) is 4.79 Å².